The van der Waals surface area contributed by atoms with E-state index in [1.807, 2.05) is 6.20 Å². The van der Waals surface area contributed by atoms with Gasteiger partial charge in [-0.15, -0.1) is 0 Å². The van der Waals surface area contributed by atoms with Gasteiger partial charge in [-0.3, -0.25) is 0 Å². The van der Waals surface area contributed by atoms with Gasteiger partial charge < -0.3 is 9.62 Å². The van der Waals surface area contributed by atoms with E-state index < -0.39 is 0 Å². The zero-order chi connectivity index (χ0) is 14.9. The number of pyridine rings is 1. The van der Waals surface area contributed by atoms with Gasteiger partial charge in [-0.1, -0.05) is 42.5 Å². The molecule has 2 heterocycles. The first-order valence-corrected chi connectivity index (χ1v) is 7.57. The van der Waals surface area contributed by atoms with Gasteiger partial charge in [-0.05, 0) is 35.5 Å². The molecule has 4 rings (SSSR count). The number of aromatic nitrogens is 1. The maximum Gasteiger partial charge on any atom is 0.353 e. The van der Waals surface area contributed by atoms with Crippen molar-refractivity contribution < 1.29 is 20.1 Å². The van der Waals surface area contributed by atoms with Gasteiger partial charge in [0.1, 0.15) is 5.82 Å². The molecule has 23 heavy (non-hydrogen) atoms. The quantitative estimate of drug-likeness (QED) is 0.528. The average molecular weight is 478 g/mol. The molecule has 1 aliphatic rings. The van der Waals surface area contributed by atoms with Crippen LogP contribution in [0.15, 0.2) is 60.8 Å². The molecule has 0 bridgehead atoms. The molecule has 0 amide bonds. The number of rotatable bonds is 2. The number of fused-ring (bicyclic) bond motifs is 1. The molecule has 1 aliphatic heterocycles. The molecule has 0 atom stereocenters. The first-order chi connectivity index (χ1) is 10.8. The Bertz CT molecular complexity index is 801. The minimum Gasteiger partial charge on any atom is -0.388 e. The summed E-state index contributed by atoms with van der Waals surface area (Å²) in [6.07, 6.45) is 1.98. The van der Waals surface area contributed by atoms with E-state index in [9.17, 15) is 0 Å². The third kappa shape index (κ3) is 3.18. The Morgan fingerprint density at radius 3 is 2.52 bits per heavy atom. The number of nitrogens with zero attached hydrogens (tertiary/aromatic N) is 3. The van der Waals surface area contributed by atoms with Crippen molar-refractivity contribution in [2.45, 2.75) is 0 Å². The van der Waals surface area contributed by atoms with E-state index >= 15 is 0 Å². The number of likely N-dealkylation sites (N-methyl/N-ethyl adjacent to an activating group) is 1. The topological polar surface area (TPSA) is 19.4 Å². The minimum absolute atomic E-state index is 0. The minimum atomic E-state index is 0. The third-order valence-electron chi connectivity index (χ3n) is 4.17. The molecule has 0 unspecified atom stereocenters. The van der Waals surface area contributed by atoms with Crippen molar-refractivity contribution in [3.8, 4) is 11.1 Å². The molecule has 116 valence electrons. The van der Waals surface area contributed by atoms with E-state index in [1.165, 1.54) is 16.3 Å². The molecular weight excluding hydrogens is 461 g/mol. The molecule has 1 fully saturated rings. The second-order valence-corrected chi connectivity index (χ2v) is 5.72. The van der Waals surface area contributed by atoms with Crippen LogP contribution in [0, 0.1) is 0 Å². The molecule has 0 aliphatic carbocycles. The molecule has 0 N–H and O–H groups in total. The Morgan fingerprint density at radius 1 is 0.957 bits per heavy atom. The molecular formula is C18H17BIrN3. The van der Waals surface area contributed by atoms with Crippen molar-refractivity contribution in [2.24, 2.45) is 0 Å². The molecule has 0 saturated carbocycles. The van der Waals surface area contributed by atoms with Crippen LogP contribution < -0.4 is 4.81 Å². The molecule has 3 aromatic rings. The smallest absolute Gasteiger partial charge is 0.353 e. The van der Waals surface area contributed by atoms with Crippen LogP contribution in [0.25, 0.3) is 21.9 Å². The first-order valence-electron chi connectivity index (χ1n) is 7.57. The summed E-state index contributed by atoms with van der Waals surface area (Å²) in [5.74, 6) is 1.01. The van der Waals surface area contributed by atoms with Gasteiger partial charge in [-0.25, -0.2) is 4.98 Å². The molecule has 0 spiro atoms. The average Bonchev–Trinajstić information content (AvgIpc) is 3.01. The van der Waals surface area contributed by atoms with Crippen LogP contribution in [0.1, 0.15) is 0 Å². The van der Waals surface area contributed by atoms with Gasteiger partial charge in [0.25, 0.3) is 0 Å². The van der Waals surface area contributed by atoms with E-state index in [0.717, 1.165) is 24.5 Å². The maximum absolute atomic E-state index is 4.65. The fourth-order valence-corrected chi connectivity index (χ4v) is 2.99. The summed E-state index contributed by atoms with van der Waals surface area (Å²) < 4.78 is 0. The van der Waals surface area contributed by atoms with Crippen molar-refractivity contribution in [3.05, 3.63) is 60.8 Å². The normalized spacial score (nSPS) is 14.6. The Kier molecular flexibility index (Phi) is 4.81. The van der Waals surface area contributed by atoms with Crippen LogP contribution in [0.3, 0.4) is 0 Å². The number of benzene rings is 2. The van der Waals surface area contributed by atoms with Crippen molar-refractivity contribution in [1.82, 2.24) is 9.79 Å². The van der Waals surface area contributed by atoms with Crippen LogP contribution in [0.4, 0.5) is 5.82 Å². The van der Waals surface area contributed by atoms with E-state index in [-0.39, 0.29) is 20.1 Å². The zero-order valence-corrected chi connectivity index (χ0v) is 15.3. The van der Waals surface area contributed by atoms with E-state index in [2.05, 4.69) is 83.8 Å². The number of anilines is 1. The summed E-state index contributed by atoms with van der Waals surface area (Å²) in [5, 5.41) is 2.53. The van der Waals surface area contributed by atoms with E-state index in [1.54, 1.807) is 0 Å². The maximum atomic E-state index is 4.65. The Morgan fingerprint density at radius 2 is 1.78 bits per heavy atom. The third-order valence-corrected chi connectivity index (χ3v) is 4.17. The monoisotopic (exact) mass is 479 g/mol. The molecule has 1 aromatic heterocycles. The van der Waals surface area contributed by atoms with Crippen LogP contribution in [-0.4, -0.2) is 37.5 Å². The van der Waals surface area contributed by atoms with Gasteiger partial charge in [-0.2, -0.15) is 0 Å². The summed E-state index contributed by atoms with van der Waals surface area (Å²) >= 11 is 0. The largest absolute Gasteiger partial charge is 0.388 e. The predicted octanol–water partition coefficient (Wildman–Crippen LogP) is 3.19. The Labute approximate surface area is 151 Å². The number of hydrogen-bond donors (Lipinski definition) is 0. The van der Waals surface area contributed by atoms with Crippen LogP contribution in [-0.2, 0) is 20.1 Å². The SMILES string of the molecule is CN1[B]N(c2ccc(-c3cccc4ccccc34)cn2)CC1.[Ir]. The van der Waals surface area contributed by atoms with Crippen molar-refractivity contribution in [2.75, 3.05) is 24.9 Å². The second kappa shape index (κ2) is 6.83. The summed E-state index contributed by atoms with van der Waals surface area (Å²) in [6, 6.07) is 19.2. The van der Waals surface area contributed by atoms with Crippen LogP contribution >= 0.6 is 0 Å². The van der Waals surface area contributed by atoms with E-state index in [0.29, 0.717) is 0 Å². The molecule has 2 aromatic carbocycles. The summed E-state index contributed by atoms with van der Waals surface area (Å²) in [5.41, 5.74) is 2.40. The van der Waals surface area contributed by atoms with Crippen molar-refractivity contribution in [3.63, 3.8) is 0 Å². The Balaban J connectivity index is 0.00000156. The fraction of sp³-hybridized carbons (Fsp3) is 0.167. The second-order valence-electron chi connectivity index (χ2n) is 5.72. The Hall–Kier alpha value is -1.68. The molecule has 2 radical (unpaired) electrons. The molecule has 3 nitrogen and oxygen atoms in total. The summed E-state index contributed by atoms with van der Waals surface area (Å²) in [7, 11) is 4.20. The van der Waals surface area contributed by atoms with Crippen LogP contribution in [0.2, 0.25) is 0 Å². The predicted molar refractivity (Wildman–Crippen MR) is 92.9 cm³/mol. The number of hydrogen-bond acceptors (Lipinski definition) is 3. The first kappa shape index (κ1) is 16.2. The molecule has 5 heteroatoms. The van der Waals surface area contributed by atoms with Gasteiger partial charge in [0, 0.05) is 45.0 Å². The van der Waals surface area contributed by atoms with E-state index in [4.69, 9.17) is 0 Å². The van der Waals surface area contributed by atoms with Crippen LogP contribution in [0.5, 0.6) is 0 Å². The summed E-state index contributed by atoms with van der Waals surface area (Å²) in [6.45, 7) is 2.05. The van der Waals surface area contributed by atoms with Gasteiger partial charge in [0.05, 0.1) is 0 Å². The van der Waals surface area contributed by atoms with Crippen molar-refractivity contribution >= 4 is 24.1 Å². The summed E-state index contributed by atoms with van der Waals surface area (Å²) in [4.78, 5) is 9.01. The van der Waals surface area contributed by atoms with Gasteiger partial charge in [0.2, 0.25) is 0 Å². The fourth-order valence-electron chi connectivity index (χ4n) is 2.99. The van der Waals surface area contributed by atoms with Gasteiger partial charge >= 0.3 is 7.55 Å². The zero-order valence-electron chi connectivity index (χ0n) is 12.9. The van der Waals surface area contributed by atoms with Crippen molar-refractivity contribution in [1.29, 1.82) is 0 Å². The standard InChI is InChI=1S/C18H17BN3.Ir/c1-21-11-12-22(19-21)18-10-9-15(13-20-18)17-8-4-6-14-5-2-3-7-16(14)17;/h2-10,13H,11-12H2,1H3;. The molecule has 1 saturated heterocycles. The van der Waals surface area contributed by atoms with Gasteiger partial charge in [0.15, 0.2) is 0 Å².